The third kappa shape index (κ3) is 5.89. The van der Waals surface area contributed by atoms with Crippen LogP contribution in [0.15, 0.2) is 36.4 Å². The topological polar surface area (TPSA) is 45.7 Å². The van der Waals surface area contributed by atoms with Crippen molar-refractivity contribution in [3.05, 3.63) is 53.2 Å². The zero-order chi connectivity index (χ0) is 26.3. The predicted octanol–water partition coefficient (Wildman–Crippen LogP) is 6.35. The molecule has 1 aromatic heterocycles. The van der Waals surface area contributed by atoms with Gasteiger partial charge in [0.2, 0.25) is 0 Å². The van der Waals surface area contributed by atoms with Crippen molar-refractivity contribution in [3.8, 4) is 0 Å². The lowest BCUT2D eigenvalue weighted by Crippen LogP contribution is -2.54. The molecular formula is C26H36F3N3O2Si. The maximum absolute atomic E-state index is 13.9. The molecule has 0 unspecified atom stereocenters. The first-order valence-electron chi connectivity index (χ1n) is 11.9. The first kappa shape index (κ1) is 27.2. The van der Waals surface area contributed by atoms with E-state index in [0.717, 1.165) is 23.4 Å². The van der Waals surface area contributed by atoms with E-state index in [4.69, 9.17) is 4.43 Å². The van der Waals surface area contributed by atoms with Gasteiger partial charge in [-0.15, -0.1) is 0 Å². The molecule has 0 N–H and O–H groups in total. The summed E-state index contributed by atoms with van der Waals surface area (Å²) in [7, 11) is -0.564. The Labute approximate surface area is 207 Å². The Morgan fingerprint density at radius 3 is 2.37 bits per heavy atom. The average Bonchev–Trinajstić information content (AvgIpc) is 3.13. The Morgan fingerprint density at radius 2 is 1.80 bits per heavy atom. The number of carbonyl (C=O) groups excluding carboxylic acids is 1. The molecule has 0 spiro atoms. The maximum atomic E-state index is 13.9. The molecule has 1 aliphatic rings. The van der Waals surface area contributed by atoms with Crippen LogP contribution in [0, 0.1) is 13.8 Å². The van der Waals surface area contributed by atoms with Crippen molar-refractivity contribution in [1.82, 2.24) is 4.98 Å². The van der Waals surface area contributed by atoms with Crippen molar-refractivity contribution in [2.24, 2.45) is 0 Å². The van der Waals surface area contributed by atoms with E-state index in [1.807, 2.05) is 31.2 Å². The van der Waals surface area contributed by atoms with E-state index in [0.29, 0.717) is 13.0 Å². The van der Waals surface area contributed by atoms with Crippen molar-refractivity contribution in [2.45, 2.75) is 77.5 Å². The lowest BCUT2D eigenvalue weighted by atomic mass is 10.1. The van der Waals surface area contributed by atoms with E-state index in [1.165, 1.54) is 6.92 Å². The van der Waals surface area contributed by atoms with E-state index >= 15 is 0 Å². The lowest BCUT2D eigenvalue weighted by Gasteiger charge is -2.40. The van der Waals surface area contributed by atoms with Gasteiger partial charge in [-0.1, -0.05) is 32.9 Å². The Hall–Kier alpha value is -2.39. The minimum absolute atomic E-state index is 0.0818. The molecule has 2 aromatic rings. The molecular weight excluding hydrogens is 471 g/mol. The highest BCUT2D eigenvalue weighted by molar-refractivity contribution is 6.74. The summed E-state index contributed by atoms with van der Waals surface area (Å²) in [6.45, 7) is 14.5. The second kappa shape index (κ2) is 9.58. The van der Waals surface area contributed by atoms with E-state index in [-0.39, 0.29) is 22.5 Å². The molecule has 3 rings (SSSR count). The minimum Gasteiger partial charge on any atom is -0.411 e. The first-order chi connectivity index (χ1) is 16.0. The van der Waals surface area contributed by atoms with Gasteiger partial charge < -0.3 is 14.2 Å². The number of amides is 1. The van der Waals surface area contributed by atoms with E-state index in [2.05, 4.69) is 38.8 Å². The summed E-state index contributed by atoms with van der Waals surface area (Å²) in [4.78, 5) is 21.6. The maximum Gasteiger partial charge on any atom is 0.416 e. The molecule has 0 saturated carbocycles. The van der Waals surface area contributed by atoms with Gasteiger partial charge in [-0.2, -0.15) is 13.2 Å². The lowest BCUT2D eigenvalue weighted by molar-refractivity contribution is -0.137. The number of hydrogen-bond donors (Lipinski definition) is 0. The van der Waals surface area contributed by atoms with E-state index < -0.39 is 32.2 Å². The number of pyridine rings is 1. The van der Waals surface area contributed by atoms with Crippen LogP contribution in [0.25, 0.3) is 0 Å². The predicted molar refractivity (Wildman–Crippen MR) is 136 cm³/mol. The van der Waals surface area contributed by atoms with Gasteiger partial charge in [-0.25, -0.2) is 4.98 Å². The van der Waals surface area contributed by atoms with Gasteiger partial charge in [-0.3, -0.25) is 4.79 Å². The highest BCUT2D eigenvalue weighted by atomic mass is 28.4. The molecule has 0 radical (unpaired) electrons. The molecule has 9 heteroatoms. The molecule has 1 amide bonds. The number of nitrogens with zero attached hydrogens (tertiary/aromatic N) is 3. The number of likely N-dealkylation sites (N-methyl/N-ethyl adjacent to an activating group) is 1. The van der Waals surface area contributed by atoms with E-state index in [1.54, 1.807) is 16.8 Å². The number of alkyl halides is 3. The normalized spacial score (nSPS) is 19.2. The monoisotopic (exact) mass is 507 g/mol. The molecule has 0 bridgehead atoms. The Bertz CT molecular complexity index is 1080. The molecule has 192 valence electrons. The van der Waals surface area contributed by atoms with Crippen LogP contribution >= 0.6 is 0 Å². The van der Waals surface area contributed by atoms with Gasteiger partial charge >= 0.3 is 6.18 Å². The van der Waals surface area contributed by atoms with Crippen molar-refractivity contribution in [1.29, 1.82) is 0 Å². The van der Waals surface area contributed by atoms with Gasteiger partial charge in [-0.05, 0) is 68.2 Å². The molecule has 0 aliphatic carbocycles. The quantitative estimate of drug-likeness (QED) is 0.443. The number of aromatic nitrogens is 1. The highest BCUT2D eigenvalue weighted by Crippen LogP contribution is 2.41. The summed E-state index contributed by atoms with van der Waals surface area (Å²) in [5.41, 5.74) is 1.21. The van der Waals surface area contributed by atoms with Gasteiger partial charge in [0.1, 0.15) is 11.9 Å². The summed E-state index contributed by atoms with van der Waals surface area (Å²) in [6.07, 6.45) is -4.43. The molecule has 1 aliphatic heterocycles. The van der Waals surface area contributed by atoms with Crippen LogP contribution in [0.3, 0.4) is 0 Å². The molecule has 2 atom stereocenters. The van der Waals surface area contributed by atoms with E-state index in [9.17, 15) is 18.0 Å². The Morgan fingerprint density at radius 1 is 1.14 bits per heavy atom. The molecule has 35 heavy (non-hydrogen) atoms. The molecule has 2 heterocycles. The van der Waals surface area contributed by atoms with Crippen LogP contribution in [0.5, 0.6) is 0 Å². The summed E-state index contributed by atoms with van der Waals surface area (Å²) < 4.78 is 47.4. The van der Waals surface area contributed by atoms with Gasteiger partial charge in [0.25, 0.3) is 5.91 Å². The molecule has 1 saturated heterocycles. The Kier molecular flexibility index (Phi) is 7.44. The van der Waals surface area contributed by atoms with Gasteiger partial charge in [0.15, 0.2) is 8.32 Å². The van der Waals surface area contributed by atoms with Crippen LogP contribution in [-0.2, 0) is 15.4 Å². The second-order valence-electron chi connectivity index (χ2n) is 10.9. The van der Waals surface area contributed by atoms with Gasteiger partial charge in [0.05, 0.1) is 11.7 Å². The fraction of sp³-hybridized carbons (Fsp3) is 0.538. The van der Waals surface area contributed by atoms with Crippen molar-refractivity contribution in [3.63, 3.8) is 0 Å². The van der Waals surface area contributed by atoms with Crippen LogP contribution in [-0.4, -0.2) is 44.9 Å². The largest absolute Gasteiger partial charge is 0.416 e. The molecule has 1 aromatic carbocycles. The van der Waals surface area contributed by atoms with Crippen molar-refractivity contribution in [2.75, 3.05) is 23.4 Å². The SMILES string of the molecule is Cc1cccc(N(C)C(=O)[C@@H]2[C@@H](O[Si](C)(C)C(C)(C)C)CCN2c2cc(C(F)(F)F)cc(C)n2)c1. The van der Waals surface area contributed by atoms with Crippen LogP contribution in [0.1, 0.15) is 44.0 Å². The fourth-order valence-electron chi connectivity index (χ4n) is 4.12. The zero-order valence-corrected chi connectivity index (χ0v) is 22.8. The summed E-state index contributed by atoms with van der Waals surface area (Å²) >= 11 is 0. The minimum atomic E-state index is -4.50. The molecule has 5 nitrogen and oxygen atoms in total. The number of rotatable bonds is 5. The average molecular weight is 508 g/mol. The van der Waals surface area contributed by atoms with Crippen LogP contribution in [0.4, 0.5) is 24.7 Å². The highest BCUT2D eigenvalue weighted by Gasteiger charge is 2.48. The number of hydrogen-bond acceptors (Lipinski definition) is 4. The number of carbonyl (C=O) groups is 1. The number of benzene rings is 1. The number of aryl methyl sites for hydroxylation is 2. The van der Waals surface area contributed by atoms with Crippen LogP contribution < -0.4 is 9.80 Å². The standard InChI is InChI=1S/C26H36F3N3O2Si/c1-17-10-9-11-20(14-17)31(6)24(33)23-21(34-35(7,8)25(3,4)5)12-13-32(23)22-16-19(26(27,28)29)15-18(2)30-22/h9-11,14-16,21,23H,12-13H2,1-8H3/t21-,23-/m0/s1. The number of halogens is 3. The number of anilines is 2. The summed E-state index contributed by atoms with van der Waals surface area (Å²) in [5, 5.41) is -0.0818. The second-order valence-corrected chi connectivity index (χ2v) is 15.7. The van der Waals surface area contributed by atoms with Gasteiger partial charge in [0, 0.05) is 25.0 Å². The molecule has 1 fully saturated rings. The zero-order valence-electron chi connectivity index (χ0n) is 21.8. The van der Waals surface area contributed by atoms with Crippen LogP contribution in [0.2, 0.25) is 18.1 Å². The third-order valence-corrected chi connectivity index (χ3v) is 11.6. The third-order valence-electron chi connectivity index (χ3n) is 7.13. The van der Waals surface area contributed by atoms with Crippen molar-refractivity contribution < 1.29 is 22.4 Å². The fourth-order valence-corrected chi connectivity index (χ4v) is 5.47. The van der Waals surface area contributed by atoms with Crippen molar-refractivity contribution >= 4 is 25.7 Å². The summed E-state index contributed by atoms with van der Waals surface area (Å²) in [6, 6.07) is 8.86. The summed E-state index contributed by atoms with van der Waals surface area (Å²) in [5.74, 6) is -0.0803. The first-order valence-corrected chi connectivity index (χ1v) is 14.8. The smallest absolute Gasteiger partial charge is 0.411 e. The Balaban J connectivity index is 2.05.